The van der Waals surface area contributed by atoms with Crippen LogP contribution < -0.4 is 5.73 Å². The Balaban J connectivity index is 1.82. The van der Waals surface area contributed by atoms with Crippen molar-refractivity contribution in [3.63, 3.8) is 0 Å². The van der Waals surface area contributed by atoms with Crippen molar-refractivity contribution in [2.75, 3.05) is 39.8 Å². The second-order valence-corrected chi connectivity index (χ2v) is 6.10. The van der Waals surface area contributed by atoms with Gasteiger partial charge in [0.15, 0.2) is 0 Å². The number of likely N-dealkylation sites (N-methyl/N-ethyl adjacent to an activating group) is 1. The third kappa shape index (κ3) is 3.40. The largest absolute Gasteiger partial charge is 0.393 e. The summed E-state index contributed by atoms with van der Waals surface area (Å²) in [5.74, 6) is 0. The SMILES string of the molecule is CN1CCCN(CC2(CC(N)=S)CC2)CC1. The molecule has 16 heavy (non-hydrogen) atoms. The van der Waals surface area contributed by atoms with Gasteiger partial charge >= 0.3 is 0 Å². The smallest absolute Gasteiger partial charge is 0.0733 e. The predicted octanol–water partition coefficient (Wildman–Crippen LogP) is 1.08. The van der Waals surface area contributed by atoms with E-state index in [1.165, 1.54) is 52.0 Å². The summed E-state index contributed by atoms with van der Waals surface area (Å²) in [4.78, 5) is 5.73. The molecular weight excluding hydrogens is 218 g/mol. The van der Waals surface area contributed by atoms with Crippen molar-refractivity contribution < 1.29 is 0 Å². The first kappa shape index (κ1) is 12.3. The van der Waals surface area contributed by atoms with Crippen LogP contribution in [0.4, 0.5) is 0 Å². The molecule has 1 aliphatic heterocycles. The van der Waals surface area contributed by atoms with Gasteiger partial charge < -0.3 is 15.5 Å². The van der Waals surface area contributed by atoms with E-state index >= 15 is 0 Å². The van der Waals surface area contributed by atoms with E-state index in [0.29, 0.717) is 10.4 Å². The first-order valence-electron chi connectivity index (χ1n) is 6.29. The standard InChI is InChI=1S/C12H23N3S/c1-14-5-2-6-15(8-7-14)10-12(3-4-12)9-11(13)16/h2-10H2,1H3,(H2,13,16). The number of thiocarbonyl (C=S) groups is 1. The van der Waals surface area contributed by atoms with Crippen molar-refractivity contribution in [1.29, 1.82) is 0 Å². The maximum atomic E-state index is 5.68. The predicted molar refractivity (Wildman–Crippen MR) is 71.6 cm³/mol. The van der Waals surface area contributed by atoms with Gasteiger partial charge in [-0.3, -0.25) is 0 Å². The van der Waals surface area contributed by atoms with Crippen LogP contribution in [-0.2, 0) is 0 Å². The second-order valence-electron chi connectivity index (χ2n) is 5.58. The molecule has 0 aromatic carbocycles. The van der Waals surface area contributed by atoms with Crippen LogP contribution in [0.1, 0.15) is 25.7 Å². The number of hydrogen-bond acceptors (Lipinski definition) is 3. The molecule has 0 aromatic rings. The lowest BCUT2D eigenvalue weighted by Gasteiger charge is -2.25. The van der Waals surface area contributed by atoms with E-state index in [4.69, 9.17) is 18.0 Å². The lowest BCUT2D eigenvalue weighted by Crippen LogP contribution is -2.35. The van der Waals surface area contributed by atoms with E-state index in [2.05, 4.69) is 16.8 Å². The molecule has 1 heterocycles. The molecule has 2 rings (SSSR count). The van der Waals surface area contributed by atoms with Crippen LogP contribution in [0.15, 0.2) is 0 Å². The Kier molecular flexibility index (Phi) is 3.82. The summed E-state index contributed by atoms with van der Waals surface area (Å²) in [6.45, 7) is 6.08. The molecule has 0 bridgehead atoms. The monoisotopic (exact) mass is 241 g/mol. The van der Waals surface area contributed by atoms with Crippen LogP contribution in [0.2, 0.25) is 0 Å². The van der Waals surface area contributed by atoms with Crippen molar-refractivity contribution in [2.45, 2.75) is 25.7 Å². The minimum Gasteiger partial charge on any atom is -0.393 e. The van der Waals surface area contributed by atoms with Crippen LogP contribution in [0.5, 0.6) is 0 Å². The molecule has 0 atom stereocenters. The van der Waals surface area contributed by atoms with Crippen molar-refractivity contribution in [1.82, 2.24) is 9.80 Å². The molecule has 1 saturated carbocycles. The molecule has 92 valence electrons. The Morgan fingerprint density at radius 3 is 2.62 bits per heavy atom. The molecule has 0 unspecified atom stereocenters. The average molecular weight is 241 g/mol. The van der Waals surface area contributed by atoms with Crippen molar-refractivity contribution in [2.24, 2.45) is 11.1 Å². The highest BCUT2D eigenvalue weighted by Gasteiger charge is 2.44. The van der Waals surface area contributed by atoms with Gasteiger partial charge in [-0.05, 0) is 44.8 Å². The van der Waals surface area contributed by atoms with Gasteiger partial charge in [-0.2, -0.15) is 0 Å². The molecule has 0 radical (unpaired) electrons. The summed E-state index contributed by atoms with van der Waals surface area (Å²) in [6.07, 6.45) is 4.88. The van der Waals surface area contributed by atoms with Crippen molar-refractivity contribution in [3.8, 4) is 0 Å². The highest BCUT2D eigenvalue weighted by molar-refractivity contribution is 7.80. The summed E-state index contributed by atoms with van der Waals surface area (Å²) >= 11 is 5.05. The van der Waals surface area contributed by atoms with Crippen LogP contribution in [-0.4, -0.2) is 54.6 Å². The number of nitrogens with zero attached hydrogens (tertiary/aromatic N) is 2. The van der Waals surface area contributed by atoms with Crippen LogP contribution in [0.25, 0.3) is 0 Å². The molecule has 0 amide bonds. The summed E-state index contributed by atoms with van der Waals surface area (Å²) in [5, 5.41) is 0. The Hall–Kier alpha value is -0.190. The highest BCUT2D eigenvalue weighted by atomic mass is 32.1. The first-order chi connectivity index (χ1) is 7.60. The van der Waals surface area contributed by atoms with Gasteiger partial charge in [0.25, 0.3) is 0 Å². The summed E-state index contributed by atoms with van der Waals surface area (Å²) < 4.78 is 0. The van der Waals surface area contributed by atoms with Crippen LogP contribution in [0, 0.1) is 5.41 Å². The van der Waals surface area contributed by atoms with Gasteiger partial charge in [0.05, 0.1) is 4.99 Å². The fourth-order valence-corrected chi connectivity index (χ4v) is 2.98. The van der Waals surface area contributed by atoms with Gasteiger partial charge in [-0.1, -0.05) is 12.2 Å². The molecule has 3 nitrogen and oxygen atoms in total. The molecule has 2 N–H and O–H groups in total. The Labute approximate surface area is 104 Å². The minimum atomic E-state index is 0.453. The molecule has 2 fully saturated rings. The molecule has 1 aliphatic carbocycles. The fraction of sp³-hybridized carbons (Fsp3) is 0.917. The first-order valence-corrected chi connectivity index (χ1v) is 6.70. The van der Waals surface area contributed by atoms with E-state index in [-0.39, 0.29) is 0 Å². The molecular formula is C12H23N3S. The molecule has 1 saturated heterocycles. The molecule has 0 spiro atoms. The lowest BCUT2D eigenvalue weighted by atomic mass is 10.0. The van der Waals surface area contributed by atoms with E-state index < -0.39 is 0 Å². The molecule has 2 aliphatic rings. The van der Waals surface area contributed by atoms with E-state index in [0.717, 1.165) is 6.42 Å². The average Bonchev–Trinajstić information content (AvgIpc) is 2.94. The third-order valence-electron chi connectivity index (χ3n) is 3.88. The van der Waals surface area contributed by atoms with E-state index in [1.807, 2.05) is 0 Å². The third-order valence-corrected chi connectivity index (χ3v) is 4.02. The highest BCUT2D eigenvalue weighted by Crippen LogP contribution is 2.49. The summed E-state index contributed by atoms with van der Waals surface area (Å²) in [7, 11) is 2.21. The van der Waals surface area contributed by atoms with E-state index in [1.54, 1.807) is 0 Å². The van der Waals surface area contributed by atoms with Crippen molar-refractivity contribution in [3.05, 3.63) is 0 Å². The maximum Gasteiger partial charge on any atom is 0.0733 e. The Morgan fingerprint density at radius 2 is 2.00 bits per heavy atom. The zero-order chi connectivity index (χ0) is 11.6. The lowest BCUT2D eigenvalue weighted by molar-refractivity contribution is 0.227. The van der Waals surface area contributed by atoms with Gasteiger partial charge in [0.2, 0.25) is 0 Å². The van der Waals surface area contributed by atoms with Crippen LogP contribution >= 0.6 is 12.2 Å². The Bertz CT molecular complexity index is 263. The zero-order valence-electron chi connectivity index (χ0n) is 10.2. The normalized spacial score (nSPS) is 26.3. The van der Waals surface area contributed by atoms with Gasteiger partial charge in [-0.15, -0.1) is 0 Å². The number of nitrogens with two attached hydrogens (primary N) is 1. The van der Waals surface area contributed by atoms with Gasteiger partial charge in [0.1, 0.15) is 0 Å². The topological polar surface area (TPSA) is 32.5 Å². The quantitative estimate of drug-likeness (QED) is 0.747. The van der Waals surface area contributed by atoms with Crippen LogP contribution in [0.3, 0.4) is 0 Å². The maximum absolute atomic E-state index is 5.68. The minimum absolute atomic E-state index is 0.453. The fourth-order valence-electron chi connectivity index (χ4n) is 2.67. The summed E-state index contributed by atoms with van der Waals surface area (Å²) in [5.41, 5.74) is 6.13. The Morgan fingerprint density at radius 1 is 1.25 bits per heavy atom. The number of rotatable bonds is 4. The van der Waals surface area contributed by atoms with Gasteiger partial charge in [0, 0.05) is 26.1 Å². The summed E-state index contributed by atoms with van der Waals surface area (Å²) in [6, 6.07) is 0. The molecule has 4 heteroatoms. The molecule has 0 aromatic heterocycles. The number of hydrogen-bond donors (Lipinski definition) is 1. The van der Waals surface area contributed by atoms with Gasteiger partial charge in [-0.25, -0.2) is 0 Å². The van der Waals surface area contributed by atoms with Crippen molar-refractivity contribution >= 4 is 17.2 Å². The van der Waals surface area contributed by atoms with E-state index in [9.17, 15) is 0 Å². The zero-order valence-corrected chi connectivity index (χ0v) is 11.1. The second kappa shape index (κ2) is 4.98.